The Morgan fingerprint density at radius 3 is 2.62 bits per heavy atom. The van der Waals surface area contributed by atoms with Crippen LogP contribution in [-0.2, 0) is 0 Å². The molecule has 0 saturated carbocycles. The lowest BCUT2D eigenvalue weighted by molar-refractivity contribution is 0.0912. The number of aromatic amines is 1. The molecular weight excluding hydrogens is 349 g/mol. The molecule has 1 aliphatic rings. The minimum Gasteiger partial charge on any atom is -0.350 e. The lowest BCUT2D eigenvalue weighted by Crippen LogP contribution is -2.43. The van der Waals surface area contributed by atoms with Gasteiger partial charge in [0.2, 0.25) is 0 Å². The number of nitrogens with one attached hydrogen (secondary N) is 3. The second-order valence-corrected chi connectivity index (χ2v) is 6.73. The molecule has 1 amide bonds. The minimum atomic E-state index is -0.212. The van der Waals surface area contributed by atoms with E-state index in [0.29, 0.717) is 27.1 Å². The van der Waals surface area contributed by atoms with Gasteiger partial charge in [-0.25, -0.2) is 0 Å². The first-order chi connectivity index (χ1) is 11.5. The van der Waals surface area contributed by atoms with Crippen molar-refractivity contribution >= 4 is 40.5 Å². The molecule has 8 heteroatoms. The molecular formula is C16H19Cl2N5O. The van der Waals surface area contributed by atoms with E-state index in [4.69, 9.17) is 23.2 Å². The van der Waals surface area contributed by atoms with Crippen molar-refractivity contribution in [2.75, 3.05) is 25.5 Å². The zero-order valence-corrected chi connectivity index (χ0v) is 14.8. The highest BCUT2D eigenvalue weighted by Crippen LogP contribution is 2.33. The van der Waals surface area contributed by atoms with Gasteiger partial charge >= 0.3 is 0 Å². The second kappa shape index (κ2) is 7.42. The number of hydrogen-bond acceptors (Lipinski definition) is 4. The average molecular weight is 368 g/mol. The first-order valence-corrected chi connectivity index (χ1v) is 8.54. The van der Waals surface area contributed by atoms with Crippen LogP contribution in [0.5, 0.6) is 0 Å². The van der Waals surface area contributed by atoms with Crippen LogP contribution in [0.15, 0.2) is 24.4 Å². The second-order valence-electron chi connectivity index (χ2n) is 5.92. The predicted molar refractivity (Wildman–Crippen MR) is 96.3 cm³/mol. The van der Waals surface area contributed by atoms with Gasteiger partial charge in [0.25, 0.3) is 5.91 Å². The topological polar surface area (TPSA) is 73.0 Å². The van der Waals surface area contributed by atoms with Crippen LogP contribution in [-0.4, -0.2) is 47.2 Å². The van der Waals surface area contributed by atoms with Crippen LogP contribution in [0, 0.1) is 0 Å². The van der Waals surface area contributed by atoms with Gasteiger partial charge in [0.05, 0.1) is 21.4 Å². The normalized spacial score (nSPS) is 16.1. The van der Waals surface area contributed by atoms with Crippen molar-refractivity contribution in [1.29, 1.82) is 0 Å². The Morgan fingerprint density at radius 1 is 1.29 bits per heavy atom. The van der Waals surface area contributed by atoms with Gasteiger partial charge in [-0.05, 0) is 45.1 Å². The van der Waals surface area contributed by atoms with E-state index in [1.807, 2.05) is 0 Å². The fraction of sp³-hybridized carbons (Fsp3) is 0.375. The Balaban J connectivity index is 1.72. The number of H-pyrrole nitrogens is 1. The maximum Gasteiger partial charge on any atom is 0.274 e. The van der Waals surface area contributed by atoms with E-state index in [9.17, 15) is 4.79 Å². The van der Waals surface area contributed by atoms with Gasteiger partial charge in [0.1, 0.15) is 0 Å². The highest BCUT2D eigenvalue weighted by atomic mass is 35.5. The van der Waals surface area contributed by atoms with Crippen molar-refractivity contribution < 1.29 is 4.79 Å². The molecule has 2 aromatic rings. The molecule has 3 rings (SSSR count). The van der Waals surface area contributed by atoms with Crippen molar-refractivity contribution in [2.24, 2.45) is 0 Å². The van der Waals surface area contributed by atoms with Gasteiger partial charge in [-0.2, -0.15) is 5.10 Å². The highest BCUT2D eigenvalue weighted by molar-refractivity contribution is 6.39. The molecule has 0 bridgehead atoms. The standard InChI is InChI=1S/C16H19Cl2N5O/c1-23-7-5-10(6-8-23)20-16(24)15-13(9-19-22-15)21-14-11(17)3-2-4-12(14)18/h2-4,9-10,21H,5-8H2,1H3,(H,19,22)(H,20,24). The first kappa shape index (κ1) is 17.1. The number of aromatic nitrogens is 2. The maximum atomic E-state index is 12.5. The number of nitrogens with zero attached hydrogens (tertiary/aromatic N) is 2. The molecule has 1 saturated heterocycles. The van der Waals surface area contributed by atoms with E-state index >= 15 is 0 Å². The zero-order chi connectivity index (χ0) is 17.1. The van der Waals surface area contributed by atoms with E-state index in [1.54, 1.807) is 24.4 Å². The Bertz CT molecular complexity index is 705. The molecule has 24 heavy (non-hydrogen) atoms. The highest BCUT2D eigenvalue weighted by Gasteiger charge is 2.22. The van der Waals surface area contributed by atoms with Crippen LogP contribution in [0.1, 0.15) is 23.3 Å². The van der Waals surface area contributed by atoms with Crippen molar-refractivity contribution in [1.82, 2.24) is 20.4 Å². The number of anilines is 2. The Kier molecular flexibility index (Phi) is 5.28. The summed E-state index contributed by atoms with van der Waals surface area (Å²) in [7, 11) is 2.08. The Labute approximate surface area is 150 Å². The number of piperidine rings is 1. The van der Waals surface area contributed by atoms with Crippen molar-refractivity contribution in [3.63, 3.8) is 0 Å². The van der Waals surface area contributed by atoms with Crippen LogP contribution in [0.4, 0.5) is 11.4 Å². The lowest BCUT2D eigenvalue weighted by Gasteiger charge is -2.29. The van der Waals surface area contributed by atoms with Crippen LogP contribution in [0.2, 0.25) is 10.0 Å². The fourth-order valence-electron chi connectivity index (χ4n) is 2.72. The van der Waals surface area contributed by atoms with Gasteiger partial charge < -0.3 is 15.5 Å². The summed E-state index contributed by atoms with van der Waals surface area (Å²) >= 11 is 12.3. The number of carbonyl (C=O) groups excluding carboxylic acids is 1. The summed E-state index contributed by atoms with van der Waals surface area (Å²) in [6.45, 7) is 1.96. The van der Waals surface area contributed by atoms with Gasteiger partial charge in [-0.1, -0.05) is 29.3 Å². The summed E-state index contributed by atoms with van der Waals surface area (Å²) in [5, 5.41) is 13.9. The van der Waals surface area contributed by atoms with Crippen molar-refractivity contribution in [3.05, 3.63) is 40.1 Å². The van der Waals surface area contributed by atoms with Crippen LogP contribution in [0.25, 0.3) is 0 Å². The van der Waals surface area contributed by atoms with Crippen LogP contribution in [0.3, 0.4) is 0 Å². The molecule has 0 aliphatic carbocycles. The summed E-state index contributed by atoms with van der Waals surface area (Å²) in [6, 6.07) is 5.39. The molecule has 1 aromatic heterocycles. The minimum absolute atomic E-state index is 0.169. The zero-order valence-electron chi connectivity index (χ0n) is 13.3. The van der Waals surface area contributed by atoms with E-state index in [1.165, 1.54) is 0 Å². The van der Waals surface area contributed by atoms with Gasteiger partial charge in [-0.3, -0.25) is 9.89 Å². The molecule has 128 valence electrons. The SMILES string of the molecule is CN1CCC(NC(=O)c2n[nH]cc2Nc2c(Cl)cccc2Cl)CC1. The average Bonchev–Trinajstić information content (AvgIpc) is 3.02. The Morgan fingerprint density at radius 2 is 1.96 bits per heavy atom. The molecule has 0 atom stereocenters. The van der Waals surface area contributed by atoms with E-state index in [0.717, 1.165) is 25.9 Å². The molecule has 1 aliphatic heterocycles. The van der Waals surface area contributed by atoms with Crippen LogP contribution < -0.4 is 10.6 Å². The number of halogens is 2. The monoisotopic (exact) mass is 367 g/mol. The van der Waals surface area contributed by atoms with Gasteiger partial charge in [0.15, 0.2) is 5.69 Å². The predicted octanol–water partition coefficient (Wildman–Crippen LogP) is 3.28. The molecule has 0 unspecified atom stereocenters. The third-order valence-electron chi connectivity index (χ3n) is 4.13. The molecule has 0 spiro atoms. The summed E-state index contributed by atoms with van der Waals surface area (Å²) in [4.78, 5) is 14.8. The van der Waals surface area contributed by atoms with Crippen molar-refractivity contribution in [3.8, 4) is 0 Å². The first-order valence-electron chi connectivity index (χ1n) is 7.79. The summed E-state index contributed by atoms with van der Waals surface area (Å²) in [5.74, 6) is -0.212. The number of likely N-dealkylation sites (tertiary alicyclic amines) is 1. The van der Waals surface area contributed by atoms with Gasteiger partial charge in [0, 0.05) is 12.2 Å². The largest absolute Gasteiger partial charge is 0.350 e. The molecule has 6 nitrogen and oxygen atoms in total. The number of carbonyl (C=O) groups is 1. The van der Waals surface area contributed by atoms with E-state index in [-0.39, 0.29) is 11.9 Å². The third-order valence-corrected chi connectivity index (χ3v) is 4.76. The quantitative estimate of drug-likeness (QED) is 0.775. The van der Waals surface area contributed by atoms with Crippen molar-refractivity contribution in [2.45, 2.75) is 18.9 Å². The number of rotatable bonds is 4. The van der Waals surface area contributed by atoms with E-state index < -0.39 is 0 Å². The molecule has 0 radical (unpaired) electrons. The van der Waals surface area contributed by atoms with E-state index in [2.05, 4.69) is 32.8 Å². The van der Waals surface area contributed by atoms with Gasteiger partial charge in [-0.15, -0.1) is 0 Å². The van der Waals surface area contributed by atoms with Crippen LogP contribution >= 0.6 is 23.2 Å². The smallest absolute Gasteiger partial charge is 0.274 e. The maximum absolute atomic E-state index is 12.5. The fourth-order valence-corrected chi connectivity index (χ4v) is 3.21. The molecule has 3 N–H and O–H groups in total. The molecule has 1 fully saturated rings. The number of benzene rings is 1. The summed E-state index contributed by atoms with van der Waals surface area (Å²) < 4.78 is 0. The number of amides is 1. The molecule has 1 aromatic carbocycles. The lowest BCUT2D eigenvalue weighted by atomic mass is 10.1. The number of hydrogen-bond donors (Lipinski definition) is 3. The molecule has 2 heterocycles. The summed E-state index contributed by atoms with van der Waals surface area (Å²) in [6.07, 6.45) is 3.49. The third kappa shape index (κ3) is 3.83. The number of para-hydroxylation sites is 1. The summed E-state index contributed by atoms with van der Waals surface area (Å²) in [5.41, 5.74) is 1.39. The Hall–Kier alpha value is -1.76.